The zero-order valence-electron chi connectivity index (χ0n) is 8.48. The molecule has 7 heteroatoms. The van der Waals surface area contributed by atoms with E-state index in [9.17, 15) is 8.42 Å². The van der Waals surface area contributed by atoms with Crippen LogP contribution in [0.1, 0.15) is 19.0 Å². The van der Waals surface area contributed by atoms with E-state index in [1.807, 2.05) is 0 Å². The summed E-state index contributed by atoms with van der Waals surface area (Å²) in [5.74, 6) is 0.209. The van der Waals surface area contributed by atoms with Crippen molar-refractivity contribution in [1.29, 1.82) is 5.26 Å². The molecule has 0 radical (unpaired) electrons. The fraction of sp³-hybridized carbons (Fsp3) is 0.500. The standard InChI is InChI=1S/C8H12N4O2S/c1-3-7(5-9)15(13,14)12-8-4-6(2)10-11-8/h4,7H,3H2,1-2H3,(H2,10,11,12). The summed E-state index contributed by atoms with van der Waals surface area (Å²) in [6.45, 7) is 3.40. The third-order valence-corrected chi connectivity index (χ3v) is 3.52. The molecule has 1 unspecified atom stereocenters. The van der Waals surface area contributed by atoms with E-state index in [-0.39, 0.29) is 12.2 Å². The Morgan fingerprint density at radius 1 is 1.73 bits per heavy atom. The molecule has 1 atom stereocenters. The summed E-state index contributed by atoms with van der Waals surface area (Å²) < 4.78 is 25.4. The molecule has 0 saturated carbocycles. The summed E-state index contributed by atoms with van der Waals surface area (Å²) in [7, 11) is -3.66. The highest BCUT2D eigenvalue weighted by Crippen LogP contribution is 2.11. The van der Waals surface area contributed by atoms with Gasteiger partial charge >= 0.3 is 0 Å². The highest BCUT2D eigenvalue weighted by Gasteiger charge is 2.23. The van der Waals surface area contributed by atoms with Crippen molar-refractivity contribution in [2.24, 2.45) is 0 Å². The topological polar surface area (TPSA) is 98.6 Å². The predicted molar refractivity (Wildman–Crippen MR) is 55.6 cm³/mol. The Labute approximate surface area is 88.4 Å². The van der Waals surface area contributed by atoms with Gasteiger partial charge in [0.1, 0.15) is 0 Å². The van der Waals surface area contributed by atoms with Gasteiger partial charge in [0.2, 0.25) is 10.0 Å². The highest BCUT2D eigenvalue weighted by molar-refractivity contribution is 7.93. The van der Waals surface area contributed by atoms with Gasteiger partial charge in [0.05, 0.1) is 6.07 Å². The first-order valence-electron chi connectivity index (χ1n) is 4.43. The Hall–Kier alpha value is -1.55. The normalized spacial score (nSPS) is 13.1. The van der Waals surface area contributed by atoms with Crippen LogP contribution in [-0.2, 0) is 10.0 Å². The number of anilines is 1. The lowest BCUT2D eigenvalue weighted by atomic mass is 10.4. The van der Waals surface area contributed by atoms with Crippen molar-refractivity contribution in [3.8, 4) is 6.07 Å². The second-order valence-electron chi connectivity index (χ2n) is 3.11. The maximum Gasteiger partial charge on any atom is 0.250 e. The zero-order chi connectivity index (χ0) is 11.5. The summed E-state index contributed by atoms with van der Waals surface area (Å²) in [5.41, 5.74) is 0.748. The number of nitriles is 1. The Balaban J connectivity index is 2.86. The summed E-state index contributed by atoms with van der Waals surface area (Å²) in [6, 6.07) is 3.29. The van der Waals surface area contributed by atoms with Crippen LogP contribution in [0.25, 0.3) is 0 Å². The second-order valence-corrected chi connectivity index (χ2v) is 4.97. The lowest BCUT2D eigenvalue weighted by Crippen LogP contribution is -2.26. The van der Waals surface area contributed by atoms with E-state index in [0.29, 0.717) is 0 Å². The number of aromatic amines is 1. The molecule has 0 aliphatic rings. The minimum Gasteiger partial charge on any atom is -0.281 e. The molecule has 0 bridgehead atoms. The van der Waals surface area contributed by atoms with Crippen molar-refractivity contribution < 1.29 is 8.42 Å². The Bertz CT molecular complexity index is 471. The van der Waals surface area contributed by atoms with Gasteiger partial charge in [-0.3, -0.25) is 9.82 Å². The molecular formula is C8H12N4O2S. The molecule has 2 N–H and O–H groups in total. The summed E-state index contributed by atoms with van der Waals surface area (Å²) in [6.07, 6.45) is 0.245. The monoisotopic (exact) mass is 228 g/mol. The average Bonchev–Trinajstić information content (AvgIpc) is 2.51. The smallest absolute Gasteiger partial charge is 0.250 e. The summed E-state index contributed by atoms with van der Waals surface area (Å²) in [5, 5.41) is 13.9. The minimum atomic E-state index is -3.66. The number of nitrogens with zero attached hydrogens (tertiary/aromatic N) is 2. The first-order valence-corrected chi connectivity index (χ1v) is 5.97. The molecule has 15 heavy (non-hydrogen) atoms. The third-order valence-electron chi connectivity index (χ3n) is 1.84. The molecule has 0 aliphatic carbocycles. The average molecular weight is 228 g/mol. The van der Waals surface area contributed by atoms with Crippen LogP contribution in [0.4, 0.5) is 5.82 Å². The largest absolute Gasteiger partial charge is 0.281 e. The van der Waals surface area contributed by atoms with Crippen molar-refractivity contribution in [2.45, 2.75) is 25.5 Å². The van der Waals surface area contributed by atoms with Crippen LogP contribution in [0.5, 0.6) is 0 Å². The van der Waals surface area contributed by atoms with E-state index in [2.05, 4.69) is 14.9 Å². The van der Waals surface area contributed by atoms with Crippen molar-refractivity contribution in [2.75, 3.05) is 4.72 Å². The molecule has 0 saturated heterocycles. The van der Waals surface area contributed by atoms with Gasteiger partial charge in [0.25, 0.3) is 0 Å². The van der Waals surface area contributed by atoms with E-state index >= 15 is 0 Å². The van der Waals surface area contributed by atoms with Crippen LogP contribution in [0, 0.1) is 18.3 Å². The first kappa shape index (κ1) is 11.5. The van der Waals surface area contributed by atoms with Gasteiger partial charge in [0.15, 0.2) is 11.1 Å². The molecule has 1 heterocycles. The van der Waals surface area contributed by atoms with Crippen LogP contribution in [0.15, 0.2) is 6.07 Å². The minimum absolute atomic E-state index is 0.209. The zero-order valence-corrected chi connectivity index (χ0v) is 9.30. The third kappa shape index (κ3) is 2.70. The first-order chi connectivity index (χ1) is 6.99. The number of aryl methyl sites for hydroxylation is 1. The molecule has 82 valence electrons. The summed E-state index contributed by atoms with van der Waals surface area (Å²) >= 11 is 0. The van der Waals surface area contributed by atoms with Crippen molar-refractivity contribution in [3.63, 3.8) is 0 Å². The van der Waals surface area contributed by atoms with Gasteiger partial charge in [-0.05, 0) is 13.3 Å². The number of hydrogen-bond acceptors (Lipinski definition) is 4. The van der Waals surface area contributed by atoms with Crippen molar-refractivity contribution in [1.82, 2.24) is 10.2 Å². The number of rotatable bonds is 4. The van der Waals surface area contributed by atoms with Crippen LogP contribution in [-0.4, -0.2) is 23.9 Å². The van der Waals surface area contributed by atoms with E-state index in [1.165, 1.54) is 0 Å². The van der Waals surface area contributed by atoms with Gasteiger partial charge in [-0.1, -0.05) is 6.92 Å². The molecular weight excluding hydrogens is 216 g/mol. The van der Waals surface area contributed by atoms with E-state index in [0.717, 1.165) is 5.69 Å². The van der Waals surface area contributed by atoms with Gasteiger partial charge in [-0.25, -0.2) is 8.42 Å². The number of nitrogens with one attached hydrogen (secondary N) is 2. The fourth-order valence-electron chi connectivity index (χ4n) is 1.07. The SMILES string of the molecule is CCC(C#N)S(=O)(=O)Nc1cc(C)[nH]n1. The van der Waals surface area contributed by atoms with Crippen LogP contribution >= 0.6 is 0 Å². The van der Waals surface area contributed by atoms with Gasteiger partial charge in [-0.2, -0.15) is 10.4 Å². The van der Waals surface area contributed by atoms with E-state index in [4.69, 9.17) is 5.26 Å². The number of hydrogen-bond donors (Lipinski definition) is 2. The summed E-state index contributed by atoms with van der Waals surface area (Å²) in [4.78, 5) is 0. The molecule has 0 amide bonds. The van der Waals surface area contributed by atoms with E-state index < -0.39 is 15.3 Å². The lowest BCUT2D eigenvalue weighted by Gasteiger charge is -2.08. The second kappa shape index (κ2) is 4.31. The van der Waals surface area contributed by atoms with Crippen LogP contribution in [0.2, 0.25) is 0 Å². The quantitative estimate of drug-likeness (QED) is 0.794. The maximum absolute atomic E-state index is 11.6. The molecule has 1 aromatic rings. The molecule has 0 aliphatic heterocycles. The van der Waals surface area contributed by atoms with Gasteiger partial charge in [-0.15, -0.1) is 0 Å². The molecule has 0 aromatic carbocycles. The van der Waals surface area contributed by atoms with E-state index in [1.54, 1.807) is 26.0 Å². The van der Waals surface area contributed by atoms with Crippen LogP contribution < -0.4 is 4.72 Å². The van der Waals surface area contributed by atoms with Crippen molar-refractivity contribution in [3.05, 3.63) is 11.8 Å². The molecule has 1 aromatic heterocycles. The molecule has 0 fully saturated rings. The van der Waals surface area contributed by atoms with Gasteiger partial charge in [0, 0.05) is 11.8 Å². The van der Waals surface area contributed by atoms with Gasteiger partial charge < -0.3 is 0 Å². The number of sulfonamides is 1. The Kier molecular flexibility index (Phi) is 3.31. The highest BCUT2D eigenvalue weighted by atomic mass is 32.2. The Morgan fingerprint density at radius 2 is 2.40 bits per heavy atom. The predicted octanol–water partition coefficient (Wildman–Crippen LogP) is 0.762. The lowest BCUT2D eigenvalue weighted by molar-refractivity contribution is 0.592. The number of aromatic nitrogens is 2. The molecule has 6 nitrogen and oxygen atoms in total. The van der Waals surface area contributed by atoms with Crippen molar-refractivity contribution >= 4 is 15.8 Å². The molecule has 1 rings (SSSR count). The fourth-order valence-corrected chi connectivity index (χ4v) is 2.18. The Morgan fingerprint density at radius 3 is 2.80 bits per heavy atom. The van der Waals surface area contributed by atoms with Crippen LogP contribution in [0.3, 0.4) is 0 Å². The molecule has 0 spiro atoms. The number of H-pyrrole nitrogens is 1. The maximum atomic E-state index is 11.6.